The van der Waals surface area contributed by atoms with E-state index in [0.717, 1.165) is 0 Å². The molecule has 0 spiro atoms. The smallest absolute Gasteiger partial charge is 0.0348 e. The van der Waals surface area contributed by atoms with Crippen molar-refractivity contribution in [3.8, 4) is 0 Å². The van der Waals surface area contributed by atoms with Gasteiger partial charge in [0.25, 0.3) is 0 Å². The Labute approximate surface area is 121 Å². The third kappa shape index (κ3) is 2.66. The highest BCUT2D eigenvalue weighted by Crippen LogP contribution is 2.26. The molecule has 2 heteroatoms. The lowest BCUT2D eigenvalue weighted by Crippen LogP contribution is -2.48. The Kier molecular flexibility index (Phi) is 3.66. The number of fused-ring (bicyclic) bond motifs is 1. The van der Waals surface area contributed by atoms with Crippen LogP contribution in [-0.4, -0.2) is 30.6 Å². The van der Waals surface area contributed by atoms with Gasteiger partial charge in [-0.1, -0.05) is 37.3 Å². The second-order valence-corrected chi connectivity index (χ2v) is 6.31. The summed E-state index contributed by atoms with van der Waals surface area (Å²) in [6.07, 6.45) is 1.21. The third-order valence-electron chi connectivity index (χ3n) is 4.71. The predicted molar refractivity (Wildman–Crippen MR) is 87.2 cm³/mol. The van der Waals surface area contributed by atoms with Crippen LogP contribution in [0.5, 0.6) is 0 Å². The standard InChI is InChI=1S/C18H24N2/c1-13-12-20(3)14(2)10-18(13)19-17-9-8-15-6-4-5-7-16(15)11-17/h4-9,11,13-14,18-19H,10,12H2,1-3H3. The summed E-state index contributed by atoms with van der Waals surface area (Å²) in [7, 11) is 2.23. The molecule has 2 nitrogen and oxygen atoms in total. The van der Waals surface area contributed by atoms with E-state index in [1.54, 1.807) is 0 Å². The lowest BCUT2D eigenvalue weighted by molar-refractivity contribution is 0.145. The first kappa shape index (κ1) is 13.4. The van der Waals surface area contributed by atoms with Gasteiger partial charge in [-0.2, -0.15) is 0 Å². The third-order valence-corrected chi connectivity index (χ3v) is 4.71. The minimum atomic E-state index is 0.572. The molecule has 1 heterocycles. The molecule has 0 amide bonds. The van der Waals surface area contributed by atoms with Crippen molar-refractivity contribution in [2.45, 2.75) is 32.4 Å². The summed E-state index contributed by atoms with van der Waals surface area (Å²) in [5.41, 5.74) is 1.25. The lowest BCUT2D eigenvalue weighted by Gasteiger charge is -2.40. The van der Waals surface area contributed by atoms with Crippen LogP contribution in [0.4, 0.5) is 5.69 Å². The van der Waals surface area contributed by atoms with Crippen molar-refractivity contribution < 1.29 is 0 Å². The molecule has 0 aliphatic carbocycles. The summed E-state index contributed by atoms with van der Waals surface area (Å²) >= 11 is 0. The maximum Gasteiger partial charge on any atom is 0.0348 e. The van der Waals surface area contributed by atoms with Gasteiger partial charge in [-0.3, -0.25) is 0 Å². The Morgan fingerprint density at radius 2 is 1.80 bits per heavy atom. The molecule has 1 fully saturated rings. The Morgan fingerprint density at radius 3 is 2.60 bits per heavy atom. The van der Waals surface area contributed by atoms with E-state index in [1.807, 2.05) is 0 Å². The molecule has 1 aliphatic rings. The van der Waals surface area contributed by atoms with E-state index in [9.17, 15) is 0 Å². The van der Waals surface area contributed by atoms with Gasteiger partial charge >= 0.3 is 0 Å². The largest absolute Gasteiger partial charge is 0.382 e. The van der Waals surface area contributed by atoms with Crippen LogP contribution in [0.3, 0.4) is 0 Å². The highest BCUT2D eigenvalue weighted by atomic mass is 15.2. The van der Waals surface area contributed by atoms with E-state index in [4.69, 9.17) is 0 Å². The van der Waals surface area contributed by atoms with Gasteiger partial charge in [0.15, 0.2) is 0 Å². The fourth-order valence-corrected chi connectivity index (χ4v) is 3.24. The minimum absolute atomic E-state index is 0.572. The molecular weight excluding hydrogens is 244 g/mol. The van der Waals surface area contributed by atoms with Crippen molar-refractivity contribution in [2.75, 3.05) is 18.9 Å². The van der Waals surface area contributed by atoms with Gasteiger partial charge in [0.1, 0.15) is 0 Å². The molecule has 106 valence electrons. The average Bonchev–Trinajstić information content (AvgIpc) is 2.44. The van der Waals surface area contributed by atoms with Crippen LogP contribution in [0.15, 0.2) is 42.5 Å². The van der Waals surface area contributed by atoms with Crippen molar-refractivity contribution in [1.29, 1.82) is 0 Å². The number of anilines is 1. The number of rotatable bonds is 2. The fourth-order valence-electron chi connectivity index (χ4n) is 3.24. The van der Waals surface area contributed by atoms with Crippen molar-refractivity contribution >= 4 is 16.5 Å². The quantitative estimate of drug-likeness (QED) is 0.886. The van der Waals surface area contributed by atoms with Crippen LogP contribution in [-0.2, 0) is 0 Å². The normalized spacial score (nSPS) is 27.6. The minimum Gasteiger partial charge on any atom is -0.382 e. The number of hydrogen-bond donors (Lipinski definition) is 1. The number of likely N-dealkylation sites (tertiary alicyclic amines) is 1. The van der Waals surface area contributed by atoms with Crippen molar-refractivity contribution in [3.05, 3.63) is 42.5 Å². The van der Waals surface area contributed by atoms with Crippen molar-refractivity contribution in [3.63, 3.8) is 0 Å². The summed E-state index contributed by atoms with van der Waals surface area (Å²) in [6, 6.07) is 16.5. The van der Waals surface area contributed by atoms with Crippen LogP contribution in [0, 0.1) is 5.92 Å². The summed E-state index contributed by atoms with van der Waals surface area (Å²) < 4.78 is 0. The number of hydrogen-bond acceptors (Lipinski definition) is 2. The summed E-state index contributed by atoms with van der Waals surface area (Å²) in [5.74, 6) is 0.683. The second-order valence-electron chi connectivity index (χ2n) is 6.31. The van der Waals surface area contributed by atoms with Crippen LogP contribution in [0.25, 0.3) is 10.8 Å². The molecule has 0 aromatic heterocycles. The van der Waals surface area contributed by atoms with E-state index in [0.29, 0.717) is 18.0 Å². The Hall–Kier alpha value is -1.54. The second kappa shape index (κ2) is 5.45. The molecule has 3 atom stereocenters. The molecule has 3 rings (SSSR count). The highest BCUT2D eigenvalue weighted by molar-refractivity contribution is 5.85. The molecule has 0 bridgehead atoms. The summed E-state index contributed by atoms with van der Waals surface area (Å²) in [4.78, 5) is 2.46. The molecule has 1 N–H and O–H groups in total. The maximum absolute atomic E-state index is 3.75. The zero-order chi connectivity index (χ0) is 14.1. The zero-order valence-electron chi connectivity index (χ0n) is 12.6. The molecule has 1 saturated heterocycles. The van der Waals surface area contributed by atoms with E-state index < -0.39 is 0 Å². The number of nitrogens with one attached hydrogen (secondary N) is 1. The van der Waals surface area contributed by atoms with Gasteiger partial charge in [-0.05, 0) is 49.2 Å². The average molecular weight is 268 g/mol. The van der Waals surface area contributed by atoms with Crippen molar-refractivity contribution in [1.82, 2.24) is 4.90 Å². The first-order valence-electron chi connectivity index (χ1n) is 7.59. The molecule has 2 aromatic carbocycles. The highest BCUT2D eigenvalue weighted by Gasteiger charge is 2.28. The Morgan fingerprint density at radius 1 is 1.05 bits per heavy atom. The van der Waals surface area contributed by atoms with E-state index >= 15 is 0 Å². The number of benzene rings is 2. The lowest BCUT2D eigenvalue weighted by atomic mass is 9.89. The predicted octanol–water partition coefficient (Wildman–Crippen LogP) is 3.98. The van der Waals surface area contributed by atoms with Crippen LogP contribution < -0.4 is 5.32 Å². The molecule has 1 aliphatic heterocycles. The van der Waals surface area contributed by atoms with Gasteiger partial charge in [0, 0.05) is 24.3 Å². The SMILES string of the molecule is CC1CN(C)C(C)CC1Nc1ccc2ccccc2c1. The molecule has 0 radical (unpaired) electrons. The van der Waals surface area contributed by atoms with Crippen molar-refractivity contribution in [2.24, 2.45) is 5.92 Å². The molecule has 2 aromatic rings. The fraction of sp³-hybridized carbons (Fsp3) is 0.444. The van der Waals surface area contributed by atoms with E-state index in [-0.39, 0.29) is 0 Å². The maximum atomic E-state index is 3.75. The van der Waals surface area contributed by atoms with E-state index in [1.165, 1.54) is 29.4 Å². The van der Waals surface area contributed by atoms with E-state index in [2.05, 4.69) is 73.6 Å². The molecule has 20 heavy (non-hydrogen) atoms. The van der Waals surface area contributed by atoms with Gasteiger partial charge in [0.05, 0.1) is 0 Å². The van der Waals surface area contributed by atoms with Gasteiger partial charge in [-0.15, -0.1) is 0 Å². The molecular formula is C18H24N2. The first-order valence-corrected chi connectivity index (χ1v) is 7.59. The first-order chi connectivity index (χ1) is 9.63. The molecule has 0 saturated carbocycles. The zero-order valence-corrected chi connectivity index (χ0v) is 12.6. The Balaban J connectivity index is 1.78. The summed E-state index contributed by atoms with van der Waals surface area (Å²) in [6.45, 7) is 5.84. The van der Waals surface area contributed by atoms with Gasteiger partial charge in [-0.25, -0.2) is 0 Å². The number of nitrogens with zero attached hydrogens (tertiary/aromatic N) is 1. The van der Waals surface area contributed by atoms with Gasteiger partial charge < -0.3 is 10.2 Å². The van der Waals surface area contributed by atoms with Crippen LogP contribution in [0.1, 0.15) is 20.3 Å². The monoisotopic (exact) mass is 268 g/mol. The summed E-state index contributed by atoms with van der Waals surface area (Å²) in [5, 5.41) is 6.37. The van der Waals surface area contributed by atoms with Gasteiger partial charge in [0.2, 0.25) is 0 Å². The van der Waals surface area contributed by atoms with Crippen LogP contribution >= 0.6 is 0 Å². The Bertz CT molecular complexity index is 593. The molecule has 3 unspecified atom stereocenters. The number of piperidine rings is 1. The van der Waals surface area contributed by atoms with Crippen LogP contribution in [0.2, 0.25) is 0 Å². The topological polar surface area (TPSA) is 15.3 Å².